The van der Waals surface area contributed by atoms with E-state index in [9.17, 15) is 18.0 Å². The molecule has 0 aliphatic rings. The number of rotatable bonds is 4. The highest BCUT2D eigenvalue weighted by Gasteiger charge is 2.27. The van der Waals surface area contributed by atoms with Crippen molar-refractivity contribution in [2.45, 2.75) is 6.18 Å². The number of aryl methyl sites for hydroxylation is 1. The van der Waals surface area contributed by atoms with Gasteiger partial charge in [0, 0.05) is 36.3 Å². The first kappa shape index (κ1) is 19.5. The number of benzene rings is 1. The third-order valence-electron chi connectivity index (χ3n) is 4.50. The van der Waals surface area contributed by atoms with Crippen molar-refractivity contribution in [3.8, 4) is 22.5 Å². The van der Waals surface area contributed by atoms with E-state index in [1.54, 1.807) is 40.6 Å². The molecule has 0 aliphatic carbocycles. The van der Waals surface area contributed by atoms with Gasteiger partial charge in [0.05, 0.1) is 17.6 Å². The second kappa shape index (κ2) is 7.54. The molecule has 154 valence electrons. The molecule has 0 bridgehead atoms. The largest absolute Gasteiger partial charge is 0.405 e. The standard InChI is InChI=1S/C20H17F3N6O/c1-28-16(5-7-26-28)14-6-8-29-17(11-24-18(29)10-14)13-3-2-4-15(9-13)27-19(30)25-12-20(21,22)23/h2-11H,12H2,1H3,(H2,25,27,30). The minimum atomic E-state index is -4.47. The van der Waals surface area contributed by atoms with Gasteiger partial charge in [0.25, 0.3) is 0 Å². The van der Waals surface area contributed by atoms with Crippen molar-refractivity contribution in [3.05, 3.63) is 61.1 Å². The van der Waals surface area contributed by atoms with E-state index in [-0.39, 0.29) is 0 Å². The molecule has 0 spiro atoms. The van der Waals surface area contributed by atoms with Gasteiger partial charge in [-0.15, -0.1) is 0 Å². The molecule has 0 fully saturated rings. The lowest BCUT2D eigenvalue weighted by Crippen LogP contribution is -2.36. The van der Waals surface area contributed by atoms with E-state index >= 15 is 0 Å². The fraction of sp³-hybridized carbons (Fsp3) is 0.150. The van der Waals surface area contributed by atoms with Crippen molar-refractivity contribution in [3.63, 3.8) is 0 Å². The van der Waals surface area contributed by atoms with E-state index in [0.717, 1.165) is 28.2 Å². The SMILES string of the molecule is Cn1nccc1-c1ccn2c(-c3cccc(NC(=O)NCC(F)(F)F)c3)cnc2c1. The minimum absolute atomic E-state index is 0.369. The predicted octanol–water partition coefficient (Wildman–Crippen LogP) is 4.09. The number of carbonyl (C=O) groups is 1. The number of pyridine rings is 1. The van der Waals surface area contributed by atoms with Crippen molar-refractivity contribution < 1.29 is 18.0 Å². The van der Waals surface area contributed by atoms with E-state index in [2.05, 4.69) is 15.4 Å². The molecular weight excluding hydrogens is 397 g/mol. The number of nitrogens with zero attached hydrogens (tertiary/aromatic N) is 4. The molecule has 10 heteroatoms. The molecule has 1 aromatic carbocycles. The molecular formula is C20H17F3N6O. The molecule has 2 N–H and O–H groups in total. The van der Waals surface area contributed by atoms with Crippen LogP contribution < -0.4 is 10.6 Å². The van der Waals surface area contributed by atoms with Crippen LogP contribution in [0.3, 0.4) is 0 Å². The highest BCUT2D eigenvalue weighted by molar-refractivity contribution is 5.90. The van der Waals surface area contributed by atoms with Gasteiger partial charge in [-0.05, 0) is 30.3 Å². The Bertz CT molecular complexity index is 1210. The Labute approximate surface area is 169 Å². The number of anilines is 1. The lowest BCUT2D eigenvalue weighted by atomic mass is 10.1. The fourth-order valence-electron chi connectivity index (χ4n) is 3.12. The number of carbonyl (C=O) groups excluding carboxylic acids is 1. The van der Waals surface area contributed by atoms with Crippen LogP contribution in [-0.4, -0.2) is 37.9 Å². The summed E-state index contributed by atoms with van der Waals surface area (Å²) in [6.07, 6.45) is 0.839. The molecule has 0 atom stereocenters. The number of imidazole rings is 1. The van der Waals surface area contributed by atoms with Crippen molar-refractivity contribution in [1.82, 2.24) is 24.5 Å². The monoisotopic (exact) mass is 414 g/mol. The highest BCUT2D eigenvalue weighted by Crippen LogP contribution is 2.26. The van der Waals surface area contributed by atoms with Crippen molar-refractivity contribution in [1.29, 1.82) is 0 Å². The zero-order valence-electron chi connectivity index (χ0n) is 15.8. The first-order valence-electron chi connectivity index (χ1n) is 8.98. The van der Waals surface area contributed by atoms with Crippen LogP contribution in [0.25, 0.3) is 28.2 Å². The van der Waals surface area contributed by atoms with Gasteiger partial charge in [-0.3, -0.25) is 9.08 Å². The molecule has 30 heavy (non-hydrogen) atoms. The van der Waals surface area contributed by atoms with Crippen molar-refractivity contribution in [2.75, 3.05) is 11.9 Å². The topological polar surface area (TPSA) is 76.2 Å². The maximum absolute atomic E-state index is 12.2. The van der Waals surface area contributed by atoms with Crippen LogP contribution in [0.15, 0.2) is 61.1 Å². The molecule has 0 saturated heterocycles. The number of alkyl halides is 3. The lowest BCUT2D eigenvalue weighted by Gasteiger charge is -2.11. The third-order valence-corrected chi connectivity index (χ3v) is 4.50. The third kappa shape index (κ3) is 4.12. The smallest absolute Gasteiger partial charge is 0.329 e. The summed E-state index contributed by atoms with van der Waals surface area (Å²) in [5, 5.41) is 8.36. The molecule has 2 amide bonds. The molecule has 4 rings (SSSR count). The summed E-state index contributed by atoms with van der Waals surface area (Å²) >= 11 is 0. The van der Waals surface area contributed by atoms with Crippen LogP contribution >= 0.6 is 0 Å². The van der Waals surface area contributed by atoms with Crippen LogP contribution in [0.2, 0.25) is 0 Å². The normalized spacial score (nSPS) is 11.6. The fourth-order valence-corrected chi connectivity index (χ4v) is 3.12. The average Bonchev–Trinajstić information content (AvgIpc) is 3.31. The Balaban J connectivity index is 1.58. The second-order valence-corrected chi connectivity index (χ2v) is 6.63. The molecule has 4 aromatic rings. The number of amides is 2. The van der Waals surface area contributed by atoms with Crippen LogP contribution in [0.5, 0.6) is 0 Å². The van der Waals surface area contributed by atoms with Gasteiger partial charge in [-0.25, -0.2) is 9.78 Å². The minimum Gasteiger partial charge on any atom is -0.329 e. The Morgan fingerprint density at radius 1 is 1.10 bits per heavy atom. The van der Waals surface area contributed by atoms with Gasteiger partial charge in [-0.2, -0.15) is 18.3 Å². The summed E-state index contributed by atoms with van der Waals surface area (Å²) in [5.74, 6) is 0. The number of fused-ring (bicyclic) bond motifs is 1. The van der Waals surface area contributed by atoms with Gasteiger partial charge < -0.3 is 10.6 Å². The molecule has 0 aliphatic heterocycles. The van der Waals surface area contributed by atoms with E-state index in [0.29, 0.717) is 5.69 Å². The summed E-state index contributed by atoms with van der Waals surface area (Å²) < 4.78 is 40.4. The van der Waals surface area contributed by atoms with Crippen LogP contribution in [0.1, 0.15) is 0 Å². The summed E-state index contributed by atoms with van der Waals surface area (Å²) in [6, 6.07) is 11.7. The number of aromatic nitrogens is 4. The first-order chi connectivity index (χ1) is 14.3. The second-order valence-electron chi connectivity index (χ2n) is 6.63. The average molecular weight is 414 g/mol. The van der Waals surface area contributed by atoms with Crippen molar-refractivity contribution in [2.24, 2.45) is 7.05 Å². The first-order valence-corrected chi connectivity index (χ1v) is 8.98. The van der Waals surface area contributed by atoms with E-state index < -0.39 is 18.8 Å². The van der Waals surface area contributed by atoms with Gasteiger partial charge in [-0.1, -0.05) is 12.1 Å². The Hall–Kier alpha value is -3.82. The lowest BCUT2D eigenvalue weighted by molar-refractivity contribution is -0.122. The van der Waals surface area contributed by atoms with Crippen LogP contribution in [-0.2, 0) is 7.05 Å². The zero-order chi connectivity index (χ0) is 21.3. The van der Waals surface area contributed by atoms with E-state index in [4.69, 9.17) is 0 Å². The molecule has 3 heterocycles. The molecule has 0 unspecified atom stereocenters. The number of urea groups is 1. The van der Waals surface area contributed by atoms with Gasteiger partial charge in [0.2, 0.25) is 0 Å². The number of halogens is 3. The Kier molecular flexibility index (Phi) is 4.90. The van der Waals surface area contributed by atoms with Gasteiger partial charge in [0.15, 0.2) is 0 Å². The number of nitrogens with one attached hydrogen (secondary N) is 2. The highest BCUT2D eigenvalue weighted by atomic mass is 19.4. The maximum Gasteiger partial charge on any atom is 0.405 e. The van der Waals surface area contributed by atoms with Crippen LogP contribution in [0.4, 0.5) is 23.7 Å². The maximum atomic E-state index is 12.2. The van der Waals surface area contributed by atoms with E-state index in [1.807, 2.05) is 41.9 Å². The predicted molar refractivity (Wildman–Crippen MR) is 106 cm³/mol. The number of hydrogen-bond donors (Lipinski definition) is 2. The summed E-state index contributed by atoms with van der Waals surface area (Å²) in [5.41, 5.74) is 4.55. The summed E-state index contributed by atoms with van der Waals surface area (Å²) in [7, 11) is 1.86. The molecule has 3 aromatic heterocycles. The Morgan fingerprint density at radius 3 is 2.63 bits per heavy atom. The van der Waals surface area contributed by atoms with Crippen LogP contribution in [0, 0.1) is 0 Å². The van der Waals surface area contributed by atoms with Gasteiger partial charge in [0.1, 0.15) is 12.2 Å². The molecule has 7 nitrogen and oxygen atoms in total. The van der Waals surface area contributed by atoms with Gasteiger partial charge >= 0.3 is 12.2 Å². The summed E-state index contributed by atoms with van der Waals surface area (Å²) in [6.45, 7) is -1.40. The molecule has 0 radical (unpaired) electrons. The van der Waals surface area contributed by atoms with Crippen molar-refractivity contribution >= 4 is 17.4 Å². The Morgan fingerprint density at radius 2 is 1.90 bits per heavy atom. The zero-order valence-corrected chi connectivity index (χ0v) is 15.8. The summed E-state index contributed by atoms with van der Waals surface area (Å²) in [4.78, 5) is 16.2. The van der Waals surface area contributed by atoms with E-state index in [1.165, 1.54) is 0 Å². The quantitative estimate of drug-likeness (QED) is 0.528. The molecule has 0 saturated carbocycles. The number of hydrogen-bond acceptors (Lipinski definition) is 3.